The smallest absolute Gasteiger partial charge is 0.306 e. The van der Waals surface area contributed by atoms with Crippen LogP contribution in [0.5, 0.6) is 0 Å². The summed E-state index contributed by atoms with van der Waals surface area (Å²) in [6.45, 7) is 2.79. The van der Waals surface area contributed by atoms with E-state index in [0.717, 1.165) is 17.2 Å². The summed E-state index contributed by atoms with van der Waals surface area (Å²) in [6.07, 6.45) is 2.92. The second-order valence-corrected chi connectivity index (χ2v) is 6.22. The number of hydrogen-bond donors (Lipinski definition) is 3. The molecule has 1 fully saturated rings. The van der Waals surface area contributed by atoms with Gasteiger partial charge in [0, 0.05) is 37.6 Å². The molecule has 0 spiro atoms. The number of nitrogens with one attached hydrogen (secondary N) is 2. The minimum Gasteiger partial charge on any atom is -0.481 e. The van der Waals surface area contributed by atoms with Gasteiger partial charge >= 0.3 is 5.97 Å². The molecular weight excluding hydrogens is 334 g/mol. The van der Waals surface area contributed by atoms with Crippen LogP contribution in [0.3, 0.4) is 0 Å². The van der Waals surface area contributed by atoms with Crippen LogP contribution >= 0.6 is 0 Å². The molecule has 0 atom stereocenters. The molecule has 0 aliphatic carbocycles. The molecule has 0 unspecified atom stereocenters. The molecule has 26 heavy (non-hydrogen) atoms. The lowest BCUT2D eigenvalue weighted by Crippen LogP contribution is -2.36. The van der Waals surface area contributed by atoms with Gasteiger partial charge in [-0.1, -0.05) is 0 Å². The molecule has 1 aliphatic heterocycles. The molecule has 0 bridgehead atoms. The number of carbonyl (C=O) groups is 2. The number of carboxylic acid groups (broad SMARTS) is 1. The Hall–Kier alpha value is -3.16. The Morgan fingerprint density at radius 2 is 1.77 bits per heavy atom. The average Bonchev–Trinajstić information content (AvgIpc) is 2.63. The number of nitrogens with zero attached hydrogens (tertiary/aromatic N) is 3. The minimum absolute atomic E-state index is 0.117. The van der Waals surface area contributed by atoms with Crippen molar-refractivity contribution >= 4 is 35.0 Å². The van der Waals surface area contributed by atoms with Gasteiger partial charge < -0.3 is 20.6 Å². The number of carbonyl (C=O) groups excluding carboxylic acids is 1. The number of anilines is 4. The van der Waals surface area contributed by atoms with Crippen LogP contribution < -0.4 is 15.5 Å². The third-order valence-electron chi connectivity index (χ3n) is 4.27. The molecule has 1 amide bonds. The highest BCUT2D eigenvalue weighted by atomic mass is 16.4. The first-order valence-electron chi connectivity index (χ1n) is 8.47. The van der Waals surface area contributed by atoms with E-state index in [0.29, 0.717) is 31.9 Å². The van der Waals surface area contributed by atoms with E-state index in [9.17, 15) is 9.59 Å². The van der Waals surface area contributed by atoms with Gasteiger partial charge in [-0.05, 0) is 43.2 Å². The minimum atomic E-state index is -0.725. The SMILES string of the molecule is CC(=O)Nc1ccc(Nc2nccc(N3CCC(C(=O)O)CC3)n2)cc1. The normalized spacial score (nSPS) is 14.7. The van der Waals surface area contributed by atoms with Gasteiger partial charge in [0.25, 0.3) is 0 Å². The topological polar surface area (TPSA) is 107 Å². The van der Waals surface area contributed by atoms with Gasteiger partial charge in [-0.2, -0.15) is 4.98 Å². The summed E-state index contributed by atoms with van der Waals surface area (Å²) in [6, 6.07) is 9.08. The maximum absolute atomic E-state index is 11.1. The van der Waals surface area contributed by atoms with Crippen molar-refractivity contribution in [2.24, 2.45) is 5.92 Å². The molecule has 0 radical (unpaired) electrons. The molecule has 8 nitrogen and oxygen atoms in total. The molecular formula is C18H21N5O3. The number of amides is 1. The van der Waals surface area contributed by atoms with E-state index >= 15 is 0 Å². The lowest BCUT2D eigenvalue weighted by atomic mass is 9.97. The van der Waals surface area contributed by atoms with Crippen molar-refractivity contribution in [3.63, 3.8) is 0 Å². The predicted octanol–water partition coefficient (Wildman–Crippen LogP) is 2.48. The second-order valence-electron chi connectivity index (χ2n) is 6.22. The molecule has 1 saturated heterocycles. The number of hydrogen-bond acceptors (Lipinski definition) is 6. The molecule has 1 aliphatic rings. The summed E-state index contributed by atoms with van der Waals surface area (Å²) in [5.74, 6) is 0.134. The number of carboxylic acids is 1. The van der Waals surface area contributed by atoms with Crippen LogP contribution in [-0.2, 0) is 9.59 Å². The Kier molecular flexibility index (Phi) is 5.31. The fraction of sp³-hybridized carbons (Fsp3) is 0.333. The van der Waals surface area contributed by atoms with E-state index in [4.69, 9.17) is 5.11 Å². The maximum Gasteiger partial charge on any atom is 0.306 e. The average molecular weight is 355 g/mol. The Balaban J connectivity index is 1.64. The highest BCUT2D eigenvalue weighted by Gasteiger charge is 2.25. The number of aromatic nitrogens is 2. The van der Waals surface area contributed by atoms with Crippen LogP contribution in [0, 0.1) is 5.92 Å². The third-order valence-corrected chi connectivity index (χ3v) is 4.27. The zero-order valence-corrected chi connectivity index (χ0v) is 14.5. The number of benzene rings is 1. The summed E-state index contributed by atoms with van der Waals surface area (Å²) in [7, 11) is 0. The largest absolute Gasteiger partial charge is 0.481 e. The Bertz CT molecular complexity index is 786. The first-order valence-corrected chi connectivity index (χ1v) is 8.47. The van der Waals surface area contributed by atoms with Crippen LogP contribution in [0.1, 0.15) is 19.8 Å². The van der Waals surface area contributed by atoms with Crippen molar-refractivity contribution in [3.8, 4) is 0 Å². The molecule has 8 heteroatoms. The summed E-state index contributed by atoms with van der Waals surface area (Å²) in [4.78, 5) is 32.9. The number of piperidine rings is 1. The van der Waals surface area contributed by atoms with Crippen LogP contribution in [0.2, 0.25) is 0 Å². The Labute approximate surface area is 151 Å². The van der Waals surface area contributed by atoms with E-state index in [1.54, 1.807) is 18.3 Å². The van der Waals surface area contributed by atoms with Crippen molar-refractivity contribution in [2.75, 3.05) is 28.6 Å². The standard InChI is InChI=1S/C18H21N5O3/c1-12(24)20-14-2-4-15(5-3-14)21-18-19-9-6-16(22-18)23-10-7-13(8-11-23)17(25)26/h2-6,9,13H,7-8,10-11H2,1H3,(H,20,24)(H,25,26)(H,19,21,22). The molecule has 2 aromatic rings. The zero-order valence-electron chi connectivity index (χ0n) is 14.5. The maximum atomic E-state index is 11.1. The van der Waals surface area contributed by atoms with E-state index < -0.39 is 5.97 Å². The van der Waals surface area contributed by atoms with Gasteiger partial charge in [0.1, 0.15) is 5.82 Å². The Morgan fingerprint density at radius 3 is 2.38 bits per heavy atom. The molecule has 3 N–H and O–H groups in total. The Morgan fingerprint density at radius 1 is 1.12 bits per heavy atom. The van der Waals surface area contributed by atoms with Crippen molar-refractivity contribution < 1.29 is 14.7 Å². The van der Waals surface area contributed by atoms with Crippen LogP contribution in [0.4, 0.5) is 23.1 Å². The molecule has 136 valence electrons. The lowest BCUT2D eigenvalue weighted by molar-refractivity contribution is -0.142. The first kappa shape index (κ1) is 17.7. The molecule has 1 aromatic carbocycles. The lowest BCUT2D eigenvalue weighted by Gasteiger charge is -2.31. The van der Waals surface area contributed by atoms with E-state index in [1.165, 1.54) is 6.92 Å². The second kappa shape index (κ2) is 7.81. The van der Waals surface area contributed by atoms with E-state index in [-0.39, 0.29) is 11.8 Å². The monoisotopic (exact) mass is 355 g/mol. The van der Waals surface area contributed by atoms with Gasteiger partial charge in [-0.3, -0.25) is 9.59 Å². The van der Waals surface area contributed by atoms with Gasteiger partial charge in [-0.15, -0.1) is 0 Å². The number of aliphatic carboxylic acids is 1. The fourth-order valence-corrected chi connectivity index (χ4v) is 2.91. The summed E-state index contributed by atoms with van der Waals surface area (Å²) in [5, 5.41) is 14.9. The summed E-state index contributed by atoms with van der Waals surface area (Å²) in [5.41, 5.74) is 1.53. The van der Waals surface area contributed by atoms with Crippen molar-refractivity contribution in [1.29, 1.82) is 0 Å². The quantitative estimate of drug-likeness (QED) is 0.756. The van der Waals surface area contributed by atoms with Gasteiger partial charge in [0.05, 0.1) is 5.92 Å². The van der Waals surface area contributed by atoms with Crippen molar-refractivity contribution in [2.45, 2.75) is 19.8 Å². The molecule has 0 saturated carbocycles. The zero-order chi connectivity index (χ0) is 18.5. The fourth-order valence-electron chi connectivity index (χ4n) is 2.91. The van der Waals surface area contributed by atoms with Crippen molar-refractivity contribution in [1.82, 2.24) is 9.97 Å². The summed E-state index contributed by atoms with van der Waals surface area (Å²) >= 11 is 0. The van der Waals surface area contributed by atoms with Crippen molar-refractivity contribution in [3.05, 3.63) is 36.5 Å². The van der Waals surface area contributed by atoms with Gasteiger partial charge in [0.15, 0.2) is 0 Å². The van der Waals surface area contributed by atoms with Crippen LogP contribution in [0.25, 0.3) is 0 Å². The van der Waals surface area contributed by atoms with E-state index in [1.807, 2.05) is 18.2 Å². The van der Waals surface area contributed by atoms with E-state index in [2.05, 4.69) is 25.5 Å². The highest BCUT2D eigenvalue weighted by molar-refractivity contribution is 5.88. The summed E-state index contributed by atoms with van der Waals surface area (Å²) < 4.78 is 0. The highest BCUT2D eigenvalue weighted by Crippen LogP contribution is 2.23. The predicted molar refractivity (Wildman–Crippen MR) is 98.6 cm³/mol. The molecule has 2 heterocycles. The van der Waals surface area contributed by atoms with Crippen LogP contribution in [-0.4, -0.2) is 40.0 Å². The molecule has 3 rings (SSSR count). The number of rotatable bonds is 5. The van der Waals surface area contributed by atoms with Gasteiger partial charge in [-0.25, -0.2) is 4.98 Å². The third kappa shape index (κ3) is 4.47. The molecule has 1 aromatic heterocycles. The van der Waals surface area contributed by atoms with Gasteiger partial charge in [0.2, 0.25) is 11.9 Å². The first-order chi connectivity index (χ1) is 12.5. The van der Waals surface area contributed by atoms with Crippen LogP contribution in [0.15, 0.2) is 36.5 Å².